The van der Waals surface area contributed by atoms with E-state index in [9.17, 15) is 4.79 Å². The third-order valence-electron chi connectivity index (χ3n) is 3.13. The first kappa shape index (κ1) is 16.4. The van der Waals surface area contributed by atoms with Gasteiger partial charge in [0.15, 0.2) is 0 Å². The summed E-state index contributed by atoms with van der Waals surface area (Å²) in [5.41, 5.74) is 1.54. The maximum absolute atomic E-state index is 12.1. The summed E-state index contributed by atoms with van der Waals surface area (Å²) in [4.78, 5) is 12.1. The van der Waals surface area contributed by atoms with E-state index in [4.69, 9.17) is 16.3 Å². The second-order valence-electron chi connectivity index (χ2n) is 5.64. The lowest BCUT2D eigenvalue weighted by Gasteiger charge is -2.10. The summed E-state index contributed by atoms with van der Waals surface area (Å²) in [6.07, 6.45) is 0. The topological polar surface area (TPSA) is 38.3 Å². The van der Waals surface area contributed by atoms with Crippen LogP contribution in [0.5, 0.6) is 11.5 Å². The predicted octanol–water partition coefficient (Wildman–Crippen LogP) is 4.83. The quantitative estimate of drug-likeness (QED) is 0.858. The Morgan fingerprint density at radius 2 is 1.91 bits per heavy atom. The summed E-state index contributed by atoms with van der Waals surface area (Å²) in [6.45, 7) is 6.69. The van der Waals surface area contributed by atoms with Gasteiger partial charge in [-0.15, -0.1) is 0 Å². The van der Waals surface area contributed by atoms with Crippen molar-refractivity contribution in [3.63, 3.8) is 0 Å². The maximum atomic E-state index is 12.1. The molecule has 0 aromatic heterocycles. The van der Waals surface area contributed by atoms with E-state index in [0.717, 1.165) is 5.56 Å². The summed E-state index contributed by atoms with van der Waals surface area (Å²) in [7, 11) is 0. The van der Waals surface area contributed by atoms with Crippen molar-refractivity contribution in [3.05, 3.63) is 58.6 Å². The van der Waals surface area contributed by atoms with Crippen molar-refractivity contribution in [1.29, 1.82) is 0 Å². The number of halogens is 1. The van der Waals surface area contributed by atoms with Crippen LogP contribution in [0, 0.1) is 12.8 Å². The lowest BCUT2D eigenvalue weighted by Crippen LogP contribution is -2.27. The number of benzene rings is 2. The SMILES string of the molecule is Cc1cc(Oc2cccc(C(=O)NCC(C)C)c2)ccc1Cl. The zero-order valence-electron chi connectivity index (χ0n) is 13.0. The Balaban J connectivity index is 2.10. The van der Waals surface area contributed by atoms with Crippen LogP contribution in [0.1, 0.15) is 29.8 Å². The van der Waals surface area contributed by atoms with Gasteiger partial charge in [0.1, 0.15) is 11.5 Å². The minimum Gasteiger partial charge on any atom is -0.457 e. The van der Waals surface area contributed by atoms with Crippen LogP contribution in [0.15, 0.2) is 42.5 Å². The summed E-state index contributed by atoms with van der Waals surface area (Å²) < 4.78 is 5.79. The first-order valence-corrected chi connectivity index (χ1v) is 7.66. The number of carbonyl (C=O) groups is 1. The molecule has 2 aromatic rings. The number of carbonyl (C=O) groups excluding carboxylic acids is 1. The van der Waals surface area contributed by atoms with Crippen molar-refractivity contribution in [1.82, 2.24) is 5.32 Å². The Kier molecular flexibility index (Phi) is 5.45. The molecular weight excluding hydrogens is 298 g/mol. The molecule has 0 saturated carbocycles. The maximum Gasteiger partial charge on any atom is 0.251 e. The molecule has 22 heavy (non-hydrogen) atoms. The van der Waals surface area contributed by atoms with Crippen molar-refractivity contribution in [2.45, 2.75) is 20.8 Å². The highest BCUT2D eigenvalue weighted by Gasteiger charge is 2.08. The number of ether oxygens (including phenoxy) is 1. The Bertz CT molecular complexity index is 668. The fraction of sp³-hybridized carbons (Fsp3) is 0.278. The molecule has 116 valence electrons. The van der Waals surface area contributed by atoms with Gasteiger partial charge in [0, 0.05) is 17.1 Å². The van der Waals surface area contributed by atoms with Gasteiger partial charge in [-0.25, -0.2) is 0 Å². The first-order chi connectivity index (χ1) is 10.5. The zero-order valence-corrected chi connectivity index (χ0v) is 13.8. The average molecular weight is 318 g/mol. The van der Waals surface area contributed by atoms with Gasteiger partial charge in [0.2, 0.25) is 0 Å². The smallest absolute Gasteiger partial charge is 0.251 e. The molecule has 2 rings (SSSR count). The van der Waals surface area contributed by atoms with Crippen LogP contribution in [-0.2, 0) is 0 Å². The Labute approximate surface area is 136 Å². The van der Waals surface area contributed by atoms with E-state index in [1.54, 1.807) is 24.3 Å². The van der Waals surface area contributed by atoms with Crippen molar-refractivity contribution < 1.29 is 9.53 Å². The van der Waals surface area contributed by atoms with E-state index in [0.29, 0.717) is 34.5 Å². The highest BCUT2D eigenvalue weighted by atomic mass is 35.5. The highest BCUT2D eigenvalue weighted by molar-refractivity contribution is 6.31. The second kappa shape index (κ2) is 7.32. The van der Waals surface area contributed by atoms with Crippen molar-refractivity contribution in [2.75, 3.05) is 6.54 Å². The van der Waals surface area contributed by atoms with Gasteiger partial charge < -0.3 is 10.1 Å². The minimum atomic E-state index is -0.0913. The number of hydrogen-bond donors (Lipinski definition) is 1. The van der Waals surface area contributed by atoms with Gasteiger partial charge in [0.25, 0.3) is 5.91 Å². The molecule has 2 aromatic carbocycles. The highest BCUT2D eigenvalue weighted by Crippen LogP contribution is 2.26. The fourth-order valence-electron chi connectivity index (χ4n) is 1.92. The number of amides is 1. The summed E-state index contributed by atoms with van der Waals surface area (Å²) in [5, 5.41) is 3.60. The van der Waals surface area contributed by atoms with Crippen LogP contribution in [0.25, 0.3) is 0 Å². The summed E-state index contributed by atoms with van der Waals surface area (Å²) >= 11 is 6.00. The van der Waals surface area contributed by atoms with Crippen LogP contribution in [0.3, 0.4) is 0 Å². The first-order valence-electron chi connectivity index (χ1n) is 7.28. The van der Waals surface area contributed by atoms with E-state index in [-0.39, 0.29) is 5.91 Å². The normalized spacial score (nSPS) is 10.6. The lowest BCUT2D eigenvalue weighted by atomic mass is 10.1. The molecule has 0 bridgehead atoms. The Morgan fingerprint density at radius 3 is 2.59 bits per heavy atom. The van der Waals surface area contributed by atoms with Gasteiger partial charge in [0.05, 0.1) is 0 Å². The zero-order chi connectivity index (χ0) is 16.1. The molecular formula is C18H20ClNO2. The third-order valence-corrected chi connectivity index (χ3v) is 3.56. The second-order valence-corrected chi connectivity index (χ2v) is 6.05. The number of rotatable bonds is 5. The molecule has 1 N–H and O–H groups in total. The van der Waals surface area contributed by atoms with Crippen LogP contribution < -0.4 is 10.1 Å². The van der Waals surface area contributed by atoms with E-state index >= 15 is 0 Å². The largest absolute Gasteiger partial charge is 0.457 e. The number of hydrogen-bond acceptors (Lipinski definition) is 2. The van der Waals surface area contributed by atoms with E-state index in [1.807, 2.05) is 25.1 Å². The van der Waals surface area contributed by atoms with Gasteiger partial charge in [-0.2, -0.15) is 0 Å². The Morgan fingerprint density at radius 1 is 1.18 bits per heavy atom. The number of nitrogens with one attached hydrogen (secondary N) is 1. The van der Waals surface area contributed by atoms with Gasteiger partial charge in [-0.3, -0.25) is 4.79 Å². The molecule has 0 fully saturated rings. The fourth-order valence-corrected chi connectivity index (χ4v) is 2.03. The molecule has 0 spiro atoms. The lowest BCUT2D eigenvalue weighted by molar-refractivity contribution is 0.0948. The van der Waals surface area contributed by atoms with E-state index in [2.05, 4.69) is 19.2 Å². The molecule has 0 saturated heterocycles. The minimum absolute atomic E-state index is 0.0913. The van der Waals surface area contributed by atoms with Crippen LogP contribution in [0.4, 0.5) is 0 Å². The molecule has 1 amide bonds. The van der Waals surface area contributed by atoms with Gasteiger partial charge in [-0.1, -0.05) is 31.5 Å². The van der Waals surface area contributed by atoms with Crippen LogP contribution in [0.2, 0.25) is 5.02 Å². The molecule has 3 nitrogen and oxygen atoms in total. The van der Waals surface area contributed by atoms with Crippen molar-refractivity contribution in [3.8, 4) is 11.5 Å². The molecule has 0 atom stereocenters. The molecule has 4 heteroatoms. The van der Waals surface area contributed by atoms with Gasteiger partial charge in [-0.05, 0) is 54.8 Å². The average Bonchev–Trinajstić information content (AvgIpc) is 2.49. The number of aryl methyl sites for hydroxylation is 1. The van der Waals surface area contributed by atoms with Crippen LogP contribution >= 0.6 is 11.6 Å². The summed E-state index contributed by atoms with van der Waals surface area (Å²) in [6, 6.07) is 12.6. The molecule has 0 radical (unpaired) electrons. The standard InChI is InChI=1S/C18H20ClNO2/c1-12(2)11-20-18(21)14-5-4-6-15(10-14)22-16-7-8-17(19)13(3)9-16/h4-10,12H,11H2,1-3H3,(H,20,21). The Hall–Kier alpha value is -2.00. The van der Waals surface area contributed by atoms with Crippen molar-refractivity contribution in [2.24, 2.45) is 5.92 Å². The van der Waals surface area contributed by atoms with E-state index in [1.165, 1.54) is 0 Å². The molecule has 0 aliphatic heterocycles. The van der Waals surface area contributed by atoms with E-state index < -0.39 is 0 Å². The predicted molar refractivity (Wildman–Crippen MR) is 89.9 cm³/mol. The monoisotopic (exact) mass is 317 g/mol. The molecule has 0 aliphatic carbocycles. The van der Waals surface area contributed by atoms with Gasteiger partial charge >= 0.3 is 0 Å². The van der Waals surface area contributed by atoms with Crippen LogP contribution in [-0.4, -0.2) is 12.5 Å². The summed E-state index contributed by atoms with van der Waals surface area (Å²) in [5.74, 6) is 1.65. The van der Waals surface area contributed by atoms with Crippen molar-refractivity contribution >= 4 is 17.5 Å². The molecule has 0 unspecified atom stereocenters. The molecule has 0 aliphatic rings. The third kappa shape index (κ3) is 4.50. The molecule has 0 heterocycles.